The van der Waals surface area contributed by atoms with Crippen LogP contribution in [0.2, 0.25) is 0 Å². The van der Waals surface area contributed by atoms with Crippen LogP contribution in [0.15, 0.2) is 0 Å². The van der Waals surface area contributed by atoms with Gasteiger partial charge >= 0.3 is 6.09 Å². The summed E-state index contributed by atoms with van der Waals surface area (Å²) < 4.78 is 4.23. The number of ketones is 1. The van der Waals surface area contributed by atoms with Crippen molar-refractivity contribution in [3.63, 3.8) is 0 Å². The van der Waals surface area contributed by atoms with E-state index in [1.54, 1.807) is 27.7 Å². The maximum absolute atomic E-state index is 13.9. The third-order valence-electron chi connectivity index (χ3n) is 7.40. The lowest BCUT2D eigenvalue weighted by Gasteiger charge is -2.36. The van der Waals surface area contributed by atoms with Crippen molar-refractivity contribution in [1.82, 2.24) is 15.5 Å². The maximum Gasteiger partial charge on any atom is 0.408 e. The van der Waals surface area contributed by atoms with Crippen LogP contribution < -0.4 is 16.4 Å². The molecule has 1 saturated heterocycles. The Labute approximate surface area is 227 Å². The normalized spacial score (nSPS) is 26.4. The van der Waals surface area contributed by atoms with Crippen molar-refractivity contribution in [1.29, 1.82) is 0 Å². The number of alkyl carbamates (subject to hydrolysis) is 1. The standard InChI is InChI=1S/C25H38Cl2N4O6/c1-5-9-15(19(32)20(28)33)29-21(34)18-16-14(25(16,26)27)12-31(18)22(35)17(13-10-7-6-8-11-13)30-23(36)37-24(2,3)4/h13-18H,5-12H2,1-4H3,(H2,28,33)(H,29,34)(H,30,36)/t14?,15-,16?,17?,18?/m0/s1. The van der Waals surface area contributed by atoms with Crippen LogP contribution in [0, 0.1) is 17.8 Å². The number of nitrogens with two attached hydrogens (primary N) is 1. The number of likely N-dealkylation sites (tertiary alicyclic amines) is 1. The molecule has 1 aliphatic heterocycles. The molecule has 5 atom stereocenters. The number of alkyl halides is 2. The van der Waals surface area contributed by atoms with Crippen LogP contribution in [0.25, 0.3) is 0 Å². The lowest BCUT2D eigenvalue weighted by molar-refractivity contribution is -0.144. The highest BCUT2D eigenvalue weighted by Gasteiger charge is 2.74. The number of rotatable bonds is 9. The highest BCUT2D eigenvalue weighted by Crippen LogP contribution is 2.65. The van der Waals surface area contributed by atoms with Gasteiger partial charge in [-0.1, -0.05) is 32.6 Å². The van der Waals surface area contributed by atoms with Crippen LogP contribution >= 0.6 is 23.2 Å². The topological polar surface area (TPSA) is 148 Å². The van der Waals surface area contributed by atoms with Gasteiger partial charge in [0, 0.05) is 18.4 Å². The molecule has 1 heterocycles. The third-order valence-corrected chi connectivity index (χ3v) is 8.46. The number of carbonyl (C=O) groups excluding carboxylic acids is 5. The number of ether oxygens (including phenoxy) is 1. The zero-order valence-corrected chi connectivity index (χ0v) is 23.4. The van der Waals surface area contributed by atoms with Gasteiger partial charge in [-0.15, -0.1) is 23.2 Å². The van der Waals surface area contributed by atoms with Gasteiger partial charge in [-0.25, -0.2) is 4.79 Å². The Balaban J connectivity index is 1.85. The van der Waals surface area contributed by atoms with Gasteiger partial charge in [0.15, 0.2) is 0 Å². The summed E-state index contributed by atoms with van der Waals surface area (Å²) in [5.74, 6) is -4.09. The molecule has 0 aromatic rings. The molecule has 10 nitrogen and oxygen atoms in total. The summed E-state index contributed by atoms with van der Waals surface area (Å²) in [6.07, 6.45) is 4.44. The van der Waals surface area contributed by atoms with E-state index in [1.165, 1.54) is 4.90 Å². The number of Topliss-reactive ketones (excluding diaryl/α,β-unsaturated/α-hetero) is 1. The van der Waals surface area contributed by atoms with Gasteiger partial charge in [0.2, 0.25) is 17.6 Å². The average molecular weight is 562 g/mol. The maximum atomic E-state index is 13.9. The first-order chi connectivity index (χ1) is 17.2. The fraction of sp³-hybridized carbons (Fsp3) is 0.800. The molecular formula is C25H38Cl2N4O6. The van der Waals surface area contributed by atoms with E-state index in [0.717, 1.165) is 32.1 Å². The molecule has 0 aromatic carbocycles. The summed E-state index contributed by atoms with van der Waals surface area (Å²) in [5, 5.41) is 5.36. The summed E-state index contributed by atoms with van der Waals surface area (Å²) in [4.78, 5) is 65.3. The molecule has 4 N–H and O–H groups in total. The van der Waals surface area contributed by atoms with Crippen LogP contribution in [-0.4, -0.2) is 69.1 Å². The molecule has 0 bridgehead atoms. The predicted molar refractivity (Wildman–Crippen MR) is 138 cm³/mol. The molecule has 0 spiro atoms. The van der Waals surface area contributed by atoms with Gasteiger partial charge in [0.1, 0.15) is 22.0 Å². The Bertz CT molecular complexity index is 931. The molecule has 3 fully saturated rings. The van der Waals surface area contributed by atoms with Gasteiger partial charge in [-0.05, 0) is 46.0 Å². The summed E-state index contributed by atoms with van der Waals surface area (Å²) >= 11 is 12.9. The Hall–Kier alpha value is -2.07. The Morgan fingerprint density at radius 2 is 1.70 bits per heavy atom. The van der Waals surface area contributed by atoms with Gasteiger partial charge in [0.05, 0.1) is 6.04 Å². The number of halogens is 2. The van der Waals surface area contributed by atoms with E-state index in [9.17, 15) is 24.0 Å². The zero-order valence-electron chi connectivity index (χ0n) is 21.9. The second kappa shape index (κ2) is 11.4. The lowest BCUT2D eigenvalue weighted by atomic mass is 9.83. The Morgan fingerprint density at radius 1 is 1.08 bits per heavy atom. The van der Waals surface area contributed by atoms with Crippen molar-refractivity contribution in [3.05, 3.63) is 0 Å². The summed E-state index contributed by atoms with van der Waals surface area (Å²) in [6, 6.07) is -3.06. The quantitative estimate of drug-likeness (QED) is 0.291. The molecule has 208 valence electrons. The fourth-order valence-corrected chi connectivity index (χ4v) is 6.41. The average Bonchev–Trinajstić information content (AvgIpc) is 3.14. The number of nitrogens with zero attached hydrogens (tertiary/aromatic N) is 1. The van der Waals surface area contributed by atoms with Crippen molar-refractivity contribution in [3.8, 4) is 0 Å². The molecule has 3 rings (SSSR count). The minimum atomic E-state index is -1.19. The summed E-state index contributed by atoms with van der Waals surface area (Å²) in [6.45, 7) is 7.14. The minimum Gasteiger partial charge on any atom is -0.444 e. The van der Waals surface area contributed by atoms with Gasteiger partial charge < -0.3 is 26.0 Å². The van der Waals surface area contributed by atoms with Gasteiger partial charge in [0.25, 0.3) is 5.91 Å². The molecule has 12 heteroatoms. The van der Waals surface area contributed by atoms with E-state index in [1.807, 2.05) is 0 Å². The van der Waals surface area contributed by atoms with E-state index >= 15 is 0 Å². The van der Waals surface area contributed by atoms with Crippen molar-refractivity contribution in [2.75, 3.05) is 6.54 Å². The van der Waals surface area contributed by atoms with Crippen molar-refractivity contribution in [2.45, 2.75) is 101 Å². The smallest absolute Gasteiger partial charge is 0.408 e. The van der Waals surface area contributed by atoms with E-state index < -0.39 is 63.6 Å². The van der Waals surface area contributed by atoms with E-state index in [2.05, 4.69) is 10.6 Å². The van der Waals surface area contributed by atoms with Crippen LogP contribution in [0.5, 0.6) is 0 Å². The third kappa shape index (κ3) is 6.69. The number of fused-ring (bicyclic) bond motifs is 1. The predicted octanol–water partition coefficient (Wildman–Crippen LogP) is 2.43. The number of primary amides is 1. The number of hydrogen-bond acceptors (Lipinski definition) is 6. The molecule has 0 radical (unpaired) electrons. The lowest BCUT2D eigenvalue weighted by Crippen LogP contribution is -2.59. The van der Waals surface area contributed by atoms with Crippen LogP contribution in [0.1, 0.15) is 72.6 Å². The molecule has 2 saturated carbocycles. The number of carbonyl (C=O) groups is 5. The highest BCUT2D eigenvalue weighted by atomic mass is 35.5. The molecule has 4 amide bonds. The van der Waals surface area contributed by atoms with Crippen LogP contribution in [0.3, 0.4) is 0 Å². The molecule has 2 aliphatic carbocycles. The highest BCUT2D eigenvalue weighted by molar-refractivity contribution is 6.51. The van der Waals surface area contributed by atoms with Crippen LogP contribution in [0.4, 0.5) is 4.79 Å². The van der Waals surface area contributed by atoms with E-state index in [4.69, 9.17) is 33.7 Å². The number of amides is 4. The van der Waals surface area contributed by atoms with Crippen molar-refractivity contribution in [2.24, 2.45) is 23.5 Å². The SMILES string of the molecule is CCC[C@H](NC(=O)C1C2C(CN1C(=O)C(NC(=O)OC(C)(C)C)C1CCCCC1)C2(Cl)Cl)C(=O)C(N)=O. The van der Waals surface area contributed by atoms with Crippen molar-refractivity contribution >= 4 is 52.8 Å². The first kappa shape index (κ1) is 29.5. The molecular weight excluding hydrogens is 523 g/mol. The largest absolute Gasteiger partial charge is 0.444 e. The first-order valence-electron chi connectivity index (χ1n) is 13.0. The monoisotopic (exact) mass is 560 g/mol. The van der Waals surface area contributed by atoms with Gasteiger partial charge in [-0.2, -0.15) is 0 Å². The molecule has 4 unspecified atom stereocenters. The Kier molecular flexibility index (Phi) is 9.05. The van der Waals surface area contributed by atoms with E-state index in [0.29, 0.717) is 6.42 Å². The second-order valence-electron chi connectivity index (χ2n) is 11.3. The molecule has 3 aliphatic rings. The molecule has 37 heavy (non-hydrogen) atoms. The number of nitrogens with one attached hydrogen (secondary N) is 2. The zero-order chi connectivity index (χ0) is 27.7. The summed E-state index contributed by atoms with van der Waals surface area (Å²) in [5.41, 5.74) is 4.41. The number of hydrogen-bond donors (Lipinski definition) is 3. The van der Waals surface area contributed by atoms with Crippen molar-refractivity contribution < 1.29 is 28.7 Å². The van der Waals surface area contributed by atoms with E-state index in [-0.39, 0.29) is 24.8 Å². The Morgan fingerprint density at radius 3 is 2.24 bits per heavy atom. The first-order valence-corrected chi connectivity index (χ1v) is 13.8. The summed E-state index contributed by atoms with van der Waals surface area (Å²) in [7, 11) is 0. The second-order valence-corrected chi connectivity index (χ2v) is 12.8. The number of piperidine rings is 1. The van der Waals surface area contributed by atoms with Crippen LogP contribution in [-0.2, 0) is 23.9 Å². The minimum absolute atomic E-state index is 0.115. The fourth-order valence-electron chi connectivity index (χ4n) is 5.58. The van der Waals surface area contributed by atoms with Gasteiger partial charge in [-0.3, -0.25) is 19.2 Å². The molecule has 0 aromatic heterocycles.